The molecule has 6 heteroatoms. The summed E-state index contributed by atoms with van der Waals surface area (Å²) >= 11 is 3.14. The predicted octanol–water partition coefficient (Wildman–Crippen LogP) is 3.63. The van der Waals surface area contributed by atoms with Gasteiger partial charge in [-0.3, -0.25) is 4.57 Å². The van der Waals surface area contributed by atoms with E-state index < -0.39 is 5.97 Å². The summed E-state index contributed by atoms with van der Waals surface area (Å²) in [6, 6.07) is 9.34. The van der Waals surface area contributed by atoms with Crippen molar-refractivity contribution in [3.63, 3.8) is 0 Å². The van der Waals surface area contributed by atoms with Gasteiger partial charge in [-0.25, -0.2) is 14.2 Å². The summed E-state index contributed by atoms with van der Waals surface area (Å²) in [5.41, 5.74) is 2.26. The zero-order chi connectivity index (χ0) is 14.3. The minimum Gasteiger partial charge on any atom is -0.478 e. The minimum atomic E-state index is -0.994. The number of carbonyl (C=O) groups is 1. The van der Waals surface area contributed by atoms with Crippen molar-refractivity contribution >= 4 is 32.9 Å². The molecule has 3 rings (SSSR count). The third-order valence-electron chi connectivity index (χ3n) is 2.98. The molecule has 0 radical (unpaired) electrons. The second-order valence-electron chi connectivity index (χ2n) is 4.22. The summed E-state index contributed by atoms with van der Waals surface area (Å²) in [6.45, 7) is 0. The van der Waals surface area contributed by atoms with Gasteiger partial charge in [0.1, 0.15) is 12.1 Å². The van der Waals surface area contributed by atoms with Gasteiger partial charge in [0, 0.05) is 5.69 Å². The second kappa shape index (κ2) is 4.72. The van der Waals surface area contributed by atoms with E-state index in [-0.39, 0.29) is 11.4 Å². The molecule has 1 N–H and O–H groups in total. The predicted molar refractivity (Wildman–Crippen MR) is 75.7 cm³/mol. The molecule has 2 aromatic carbocycles. The molecule has 0 unspecified atom stereocenters. The summed E-state index contributed by atoms with van der Waals surface area (Å²) in [6.07, 6.45) is 1.58. The van der Waals surface area contributed by atoms with Crippen LogP contribution in [0, 0.1) is 5.82 Å². The Hall–Kier alpha value is -2.21. The number of benzene rings is 2. The minimum absolute atomic E-state index is 0.183. The molecule has 4 nitrogen and oxygen atoms in total. The van der Waals surface area contributed by atoms with Crippen molar-refractivity contribution < 1.29 is 14.3 Å². The van der Waals surface area contributed by atoms with Crippen molar-refractivity contribution in [3.8, 4) is 5.69 Å². The molecule has 0 aliphatic carbocycles. The second-order valence-corrected chi connectivity index (χ2v) is 5.08. The molecule has 0 spiro atoms. The van der Waals surface area contributed by atoms with Crippen LogP contribution in [-0.2, 0) is 0 Å². The van der Waals surface area contributed by atoms with Gasteiger partial charge in [-0.2, -0.15) is 0 Å². The van der Waals surface area contributed by atoms with Crippen molar-refractivity contribution in [2.24, 2.45) is 0 Å². The van der Waals surface area contributed by atoms with Gasteiger partial charge in [0.15, 0.2) is 0 Å². The van der Waals surface area contributed by atoms with Crippen molar-refractivity contribution in [3.05, 3.63) is 58.6 Å². The highest BCUT2D eigenvalue weighted by Crippen LogP contribution is 2.23. The summed E-state index contributed by atoms with van der Waals surface area (Å²) < 4.78 is 15.4. The number of hydrogen-bond donors (Lipinski definition) is 1. The summed E-state index contributed by atoms with van der Waals surface area (Å²) in [5, 5.41) is 8.95. The van der Waals surface area contributed by atoms with Gasteiger partial charge in [-0.05, 0) is 52.3 Å². The van der Waals surface area contributed by atoms with E-state index in [1.54, 1.807) is 29.1 Å². The van der Waals surface area contributed by atoms with E-state index in [0.717, 1.165) is 11.2 Å². The fourth-order valence-corrected chi connectivity index (χ4v) is 2.35. The molecule has 0 saturated heterocycles. The van der Waals surface area contributed by atoms with Crippen LogP contribution in [0.5, 0.6) is 0 Å². The van der Waals surface area contributed by atoms with Crippen LogP contribution in [-0.4, -0.2) is 20.6 Å². The van der Waals surface area contributed by atoms with Gasteiger partial charge in [-0.15, -0.1) is 0 Å². The van der Waals surface area contributed by atoms with Crippen molar-refractivity contribution in [1.29, 1.82) is 0 Å². The number of carboxylic acid groups (broad SMARTS) is 1. The van der Waals surface area contributed by atoms with Crippen LogP contribution >= 0.6 is 15.9 Å². The van der Waals surface area contributed by atoms with Gasteiger partial charge in [0.05, 0.1) is 21.1 Å². The zero-order valence-corrected chi connectivity index (χ0v) is 11.6. The van der Waals surface area contributed by atoms with Gasteiger partial charge in [0.2, 0.25) is 0 Å². The standard InChI is InChI=1S/C14H8BrFN2O2/c15-10-6-9(2-3-11(10)16)18-7-17-12-5-8(14(19)20)1-4-13(12)18/h1-7H,(H,19,20). The number of aromatic carboxylic acids is 1. The average Bonchev–Trinajstić information content (AvgIpc) is 2.84. The Kier molecular flexibility index (Phi) is 3.02. The van der Waals surface area contributed by atoms with Gasteiger partial charge in [0.25, 0.3) is 0 Å². The molecule has 0 aliphatic heterocycles. The van der Waals surface area contributed by atoms with Crippen molar-refractivity contribution in [2.45, 2.75) is 0 Å². The number of rotatable bonds is 2. The van der Waals surface area contributed by atoms with Crippen LogP contribution in [0.15, 0.2) is 47.2 Å². The quantitative estimate of drug-likeness (QED) is 0.778. The van der Waals surface area contributed by atoms with Gasteiger partial charge in [-0.1, -0.05) is 0 Å². The molecule has 0 fully saturated rings. The number of halogens is 2. The Balaban J connectivity index is 2.17. The number of aromatic nitrogens is 2. The largest absolute Gasteiger partial charge is 0.478 e. The summed E-state index contributed by atoms with van der Waals surface area (Å²) in [7, 11) is 0. The highest BCUT2D eigenvalue weighted by molar-refractivity contribution is 9.10. The van der Waals surface area contributed by atoms with E-state index in [1.807, 2.05) is 0 Å². The Bertz CT molecular complexity index is 829. The Morgan fingerprint density at radius 1 is 1.25 bits per heavy atom. The molecule has 0 bridgehead atoms. The first-order valence-electron chi connectivity index (χ1n) is 5.72. The van der Waals surface area contributed by atoms with Crippen LogP contribution in [0.3, 0.4) is 0 Å². The maximum atomic E-state index is 13.3. The molecular formula is C14H8BrFN2O2. The first-order chi connectivity index (χ1) is 9.56. The third-order valence-corrected chi connectivity index (χ3v) is 3.58. The van der Waals surface area contributed by atoms with Crippen molar-refractivity contribution in [2.75, 3.05) is 0 Å². The third kappa shape index (κ3) is 2.08. The fraction of sp³-hybridized carbons (Fsp3) is 0. The van der Waals surface area contributed by atoms with Crippen LogP contribution in [0.1, 0.15) is 10.4 Å². The zero-order valence-electron chi connectivity index (χ0n) is 10.0. The number of imidazole rings is 1. The molecule has 1 aromatic heterocycles. The molecule has 0 aliphatic rings. The van der Waals surface area contributed by atoms with E-state index in [4.69, 9.17) is 5.11 Å². The lowest BCUT2D eigenvalue weighted by molar-refractivity contribution is 0.0697. The highest BCUT2D eigenvalue weighted by atomic mass is 79.9. The SMILES string of the molecule is O=C(O)c1ccc2c(c1)ncn2-c1ccc(F)c(Br)c1. The first kappa shape index (κ1) is 12.8. The van der Waals surface area contributed by atoms with E-state index in [1.165, 1.54) is 18.2 Å². The average molecular weight is 335 g/mol. The lowest BCUT2D eigenvalue weighted by Gasteiger charge is -2.05. The smallest absolute Gasteiger partial charge is 0.335 e. The number of fused-ring (bicyclic) bond motifs is 1. The fourth-order valence-electron chi connectivity index (χ4n) is 1.99. The van der Waals surface area contributed by atoms with Gasteiger partial charge >= 0.3 is 5.97 Å². The molecule has 0 saturated carbocycles. The van der Waals surface area contributed by atoms with Crippen LogP contribution < -0.4 is 0 Å². The molecule has 0 amide bonds. The Labute approximate surface area is 121 Å². The molecular weight excluding hydrogens is 327 g/mol. The number of nitrogens with zero attached hydrogens (tertiary/aromatic N) is 2. The lowest BCUT2D eigenvalue weighted by Crippen LogP contribution is -1.96. The monoisotopic (exact) mass is 334 g/mol. The van der Waals surface area contributed by atoms with Crippen LogP contribution in [0.2, 0.25) is 0 Å². The highest BCUT2D eigenvalue weighted by Gasteiger charge is 2.10. The Morgan fingerprint density at radius 3 is 2.75 bits per heavy atom. The summed E-state index contributed by atoms with van der Waals surface area (Å²) in [5.74, 6) is -1.34. The molecule has 100 valence electrons. The van der Waals surface area contributed by atoms with E-state index >= 15 is 0 Å². The molecule has 1 heterocycles. The number of carboxylic acids is 1. The maximum absolute atomic E-state index is 13.3. The molecule has 20 heavy (non-hydrogen) atoms. The Morgan fingerprint density at radius 2 is 2.05 bits per heavy atom. The van der Waals surface area contributed by atoms with Crippen LogP contribution in [0.25, 0.3) is 16.7 Å². The van der Waals surface area contributed by atoms with Gasteiger partial charge < -0.3 is 5.11 Å². The summed E-state index contributed by atoms with van der Waals surface area (Å²) in [4.78, 5) is 15.1. The van der Waals surface area contributed by atoms with E-state index in [0.29, 0.717) is 9.99 Å². The normalized spacial score (nSPS) is 10.9. The molecule has 3 aromatic rings. The molecule has 0 atom stereocenters. The lowest BCUT2D eigenvalue weighted by atomic mass is 10.2. The van der Waals surface area contributed by atoms with Crippen molar-refractivity contribution in [1.82, 2.24) is 9.55 Å². The van der Waals surface area contributed by atoms with E-state index in [9.17, 15) is 9.18 Å². The maximum Gasteiger partial charge on any atom is 0.335 e. The number of hydrogen-bond acceptors (Lipinski definition) is 2. The van der Waals surface area contributed by atoms with Crippen LogP contribution in [0.4, 0.5) is 4.39 Å². The topological polar surface area (TPSA) is 55.1 Å². The van der Waals surface area contributed by atoms with E-state index in [2.05, 4.69) is 20.9 Å². The first-order valence-corrected chi connectivity index (χ1v) is 6.51.